The smallest absolute Gasteiger partial charge is 0.246 e. The van der Waals surface area contributed by atoms with Gasteiger partial charge in [0.15, 0.2) is 17.5 Å². The quantitative estimate of drug-likeness (QED) is 0.803. The first-order valence-electron chi connectivity index (χ1n) is 8.29. The number of amides is 1. The first-order valence-corrected chi connectivity index (χ1v) is 8.29. The number of nitrogens with one attached hydrogen (secondary N) is 2. The lowest BCUT2D eigenvalue weighted by Crippen LogP contribution is -2.32. The van der Waals surface area contributed by atoms with E-state index < -0.39 is 29.4 Å². The summed E-state index contributed by atoms with van der Waals surface area (Å²) in [5.41, 5.74) is 2.97. The molecule has 0 aliphatic heterocycles. The predicted octanol–water partition coefficient (Wildman–Crippen LogP) is 4.42. The minimum atomic E-state index is -1.60. The van der Waals surface area contributed by atoms with E-state index in [0.29, 0.717) is 0 Å². The van der Waals surface area contributed by atoms with Gasteiger partial charge in [-0.1, -0.05) is 12.1 Å². The Hall–Kier alpha value is -2.50. The summed E-state index contributed by atoms with van der Waals surface area (Å²) in [4.78, 5) is 12.3. The second-order valence-corrected chi connectivity index (χ2v) is 6.23. The molecule has 1 aliphatic carbocycles. The molecule has 3 nitrogen and oxygen atoms in total. The summed E-state index contributed by atoms with van der Waals surface area (Å²) in [6.45, 7) is 1.63. The summed E-state index contributed by atoms with van der Waals surface area (Å²) in [6, 6.07) is 7.04. The van der Waals surface area contributed by atoms with Gasteiger partial charge in [0.25, 0.3) is 0 Å². The number of rotatable bonds is 4. The number of hydrogen-bond acceptors (Lipinski definition) is 2. The second kappa shape index (κ2) is 7.17. The summed E-state index contributed by atoms with van der Waals surface area (Å²) in [5.74, 6) is -4.83. The standard InChI is InChI=1S/C19H19F3N2O/c1-11(19(25)24-16-10-9-14(20)17(21)18(16)22)23-15-8-4-6-12-5-2-3-7-13(12)15/h4,6,8-11,23H,2-3,5,7H2,1H3,(H,24,25)/t11-/m0/s1. The average molecular weight is 348 g/mol. The summed E-state index contributed by atoms with van der Waals surface area (Å²) in [7, 11) is 0. The van der Waals surface area contributed by atoms with Crippen LogP contribution >= 0.6 is 0 Å². The molecule has 1 atom stereocenters. The normalized spacial score (nSPS) is 14.6. The van der Waals surface area contributed by atoms with Crippen LogP contribution < -0.4 is 10.6 Å². The minimum Gasteiger partial charge on any atom is -0.374 e. The van der Waals surface area contributed by atoms with Gasteiger partial charge in [-0.3, -0.25) is 4.79 Å². The number of halogens is 3. The van der Waals surface area contributed by atoms with Crippen molar-refractivity contribution < 1.29 is 18.0 Å². The monoisotopic (exact) mass is 348 g/mol. The Morgan fingerprint density at radius 3 is 2.56 bits per heavy atom. The second-order valence-electron chi connectivity index (χ2n) is 6.23. The maximum Gasteiger partial charge on any atom is 0.246 e. The van der Waals surface area contributed by atoms with Crippen LogP contribution in [0.5, 0.6) is 0 Å². The van der Waals surface area contributed by atoms with Gasteiger partial charge in [0, 0.05) is 5.69 Å². The average Bonchev–Trinajstić information content (AvgIpc) is 2.62. The van der Waals surface area contributed by atoms with E-state index in [1.807, 2.05) is 12.1 Å². The molecule has 132 valence electrons. The lowest BCUT2D eigenvalue weighted by Gasteiger charge is -2.22. The van der Waals surface area contributed by atoms with Crippen molar-refractivity contribution in [1.29, 1.82) is 0 Å². The van der Waals surface area contributed by atoms with Gasteiger partial charge in [0.2, 0.25) is 5.91 Å². The van der Waals surface area contributed by atoms with Crippen LogP contribution in [0.25, 0.3) is 0 Å². The predicted molar refractivity (Wildman–Crippen MR) is 91.1 cm³/mol. The van der Waals surface area contributed by atoms with Crippen molar-refractivity contribution in [2.24, 2.45) is 0 Å². The van der Waals surface area contributed by atoms with Crippen LogP contribution in [0.2, 0.25) is 0 Å². The Morgan fingerprint density at radius 2 is 1.76 bits per heavy atom. The van der Waals surface area contributed by atoms with Crippen LogP contribution in [-0.2, 0) is 17.6 Å². The van der Waals surface area contributed by atoms with Crippen LogP contribution in [0, 0.1) is 17.5 Å². The number of carbonyl (C=O) groups is 1. The lowest BCUT2D eigenvalue weighted by atomic mass is 9.90. The molecule has 0 spiro atoms. The zero-order chi connectivity index (χ0) is 18.0. The van der Waals surface area contributed by atoms with E-state index in [0.717, 1.165) is 43.5 Å². The third kappa shape index (κ3) is 3.62. The molecular weight excluding hydrogens is 329 g/mol. The van der Waals surface area contributed by atoms with Crippen LogP contribution in [0.1, 0.15) is 30.9 Å². The fourth-order valence-corrected chi connectivity index (χ4v) is 3.08. The minimum absolute atomic E-state index is 0.382. The van der Waals surface area contributed by atoms with Crippen LogP contribution in [0.4, 0.5) is 24.5 Å². The zero-order valence-electron chi connectivity index (χ0n) is 13.8. The van der Waals surface area contributed by atoms with Crippen molar-refractivity contribution in [1.82, 2.24) is 0 Å². The van der Waals surface area contributed by atoms with E-state index in [9.17, 15) is 18.0 Å². The number of fused-ring (bicyclic) bond motifs is 1. The number of aryl methyl sites for hydroxylation is 1. The van der Waals surface area contributed by atoms with Gasteiger partial charge in [-0.15, -0.1) is 0 Å². The van der Waals surface area contributed by atoms with E-state index in [1.54, 1.807) is 6.92 Å². The van der Waals surface area contributed by atoms with Crippen molar-refractivity contribution in [2.45, 2.75) is 38.6 Å². The third-order valence-electron chi connectivity index (χ3n) is 4.45. The zero-order valence-corrected chi connectivity index (χ0v) is 13.8. The van der Waals surface area contributed by atoms with Gasteiger partial charge >= 0.3 is 0 Å². The topological polar surface area (TPSA) is 41.1 Å². The molecule has 0 unspecified atom stereocenters. The van der Waals surface area contributed by atoms with Crippen molar-refractivity contribution in [3.8, 4) is 0 Å². The highest BCUT2D eigenvalue weighted by Gasteiger charge is 2.20. The molecule has 2 aromatic carbocycles. The van der Waals surface area contributed by atoms with Crippen LogP contribution in [0.15, 0.2) is 30.3 Å². The molecule has 6 heteroatoms. The molecule has 1 amide bonds. The molecular formula is C19H19F3N2O. The molecule has 2 aromatic rings. The maximum absolute atomic E-state index is 13.7. The molecule has 0 saturated carbocycles. The highest BCUT2D eigenvalue weighted by molar-refractivity contribution is 5.96. The van der Waals surface area contributed by atoms with Gasteiger partial charge in [-0.05, 0) is 61.9 Å². The first kappa shape index (κ1) is 17.3. The fraction of sp³-hybridized carbons (Fsp3) is 0.316. The number of anilines is 2. The molecule has 3 rings (SSSR count). The molecule has 0 heterocycles. The lowest BCUT2D eigenvalue weighted by molar-refractivity contribution is -0.116. The van der Waals surface area contributed by atoms with E-state index in [-0.39, 0.29) is 5.69 Å². The molecule has 2 N–H and O–H groups in total. The van der Waals surface area contributed by atoms with Gasteiger partial charge in [0.05, 0.1) is 5.69 Å². The summed E-state index contributed by atoms with van der Waals surface area (Å²) >= 11 is 0. The largest absolute Gasteiger partial charge is 0.374 e. The summed E-state index contributed by atoms with van der Waals surface area (Å²) in [6.07, 6.45) is 4.23. The van der Waals surface area contributed by atoms with Crippen LogP contribution in [0.3, 0.4) is 0 Å². The van der Waals surface area contributed by atoms with E-state index >= 15 is 0 Å². The van der Waals surface area contributed by atoms with Crippen LogP contribution in [-0.4, -0.2) is 11.9 Å². The van der Waals surface area contributed by atoms with Gasteiger partial charge < -0.3 is 10.6 Å². The van der Waals surface area contributed by atoms with E-state index in [4.69, 9.17) is 0 Å². The Labute approximate surface area is 144 Å². The maximum atomic E-state index is 13.7. The highest BCUT2D eigenvalue weighted by atomic mass is 19.2. The number of benzene rings is 2. The summed E-state index contributed by atoms with van der Waals surface area (Å²) < 4.78 is 39.9. The van der Waals surface area contributed by atoms with E-state index in [1.165, 1.54) is 11.1 Å². The highest BCUT2D eigenvalue weighted by Crippen LogP contribution is 2.28. The number of hydrogen-bond donors (Lipinski definition) is 2. The van der Waals surface area contributed by atoms with Gasteiger partial charge in [0.1, 0.15) is 6.04 Å². The molecule has 0 saturated heterocycles. The van der Waals surface area contributed by atoms with Crippen molar-refractivity contribution in [3.63, 3.8) is 0 Å². The van der Waals surface area contributed by atoms with Crippen molar-refractivity contribution in [3.05, 3.63) is 58.9 Å². The van der Waals surface area contributed by atoms with E-state index in [2.05, 4.69) is 16.7 Å². The SMILES string of the molecule is C[C@H](Nc1cccc2c1CCCC2)C(=O)Nc1ccc(F)c(F)c1F. The van der Waals surface area contributed by atoms with Crippen molar-refractivity contribution >= 4 is 17.3 Å². The molecule has 1 aliphatic rings. The third-order valence-corrected chi connectivity index (χ3v) is 4.45. The summed E-state index contributed by atoms with van der Waals surface area (Å²) in [5, 5.41) is 5.43. The molecule has 0 radical (unpaired) electrons. The Balaban J connectivity index is 1.73. The fourth-order valence-electron chi connectivity index (χ4n) is 3.08. The Morgan fingerprint density at radius 1 is 1.00 bits per heavy atom. The van der Waals surface area contributed by atoms with Crippen molar-refractivity contribution in [2.75, 3.05) is 10.6 Å². The number of carbonyl (C=O) groups excluding carboxylic acids is 1. The molecule has 25 heavy (non-hydrogen) atoms. The van der Waals surface area contributed by atoms with Gasteiger partial charge in [-0.2, -0.15) is 0 Å². The first-order chi connectivity index (χ1) is 12.0. The molecule has 0 bridgehead atoms. The van der Waals surface area contributed by atoms with Gasteiger partial charge in [-0.25, -0.2) is 13.2 Å². The molecule has 0 aromatic heterocycles. The Bertz CT molecular complexity index is 807. The molecule has 0 fully saturated rings. The Kier molecular flexibility index (Phi) is 4.97.